The van der Waals surface area contributed by atoms with Gasteiger partial charge >= 0.3 is 0 Å². The van der Waals surface area contributed by atoms with Crippen molar-refractivity contribution in [2.24, 2.45) is 0 Å². The number of fused-ring (bicyclic) bond motifs is 1. The Bertz CT molecular complexity index is 429. The van der Waals surface area contributed by atoms with Crippen LogP contribution in [0.3, 0.4) is 0 Å². The van der Waals surface area contributed by atoms with Crippen molar-refractivity contribution in [2.75, 3.05) is 0 Å². The molecule has 0 aliphatic carbocycles. The van der Waals surface area contributed by atoms with Crippen LogP contribution in [0.15, 0.2) is 28.8 Å². The molecule has 0 aliphatic heterocycles. The van der Waals surface area contributed by atoms with Crippen LogP contribution >= 0.6 is 0 Å². The second-order valence-electron chi connectivity index (χ2n) is 3.02. The van der Waals surface area contributed by atoms with Crippen LogP contribution in [-0.2, 0) is 11.3 Å². The van der Waals surface area contributed by atoms with E-state index in [4.69, 9.17) is 4.42 Å². The van der Waals surface area contributed by atoms with Gasteiger partial charge in [-0.1, -0.05) is 0 Å². The Morgan fingerprint density at radius 1 is 1.64 bits per heavy atom. The maximum absolute atomic E-state index is 10.7. The van der Waals surface area contributed by atoms with Gasteiger partial charge in [-0.2, -0.15) is 0 Å². The summed E-state index contributed by atoms with van der Waals surface area (Å²) >= 11 is 0. The van der Waals surface area contributed by atoms with E-state index < -0.39 is 0 Å². The first-order valence-electron chi connectivity index (χ1n) is 4.33. The average molecular weight is 190 g/mol. The molecule has 4 heteroatoms. The molecule has 0 aromatic carbocycles. The maximum Gasteiger partial charge on any atom is 0.226 e. The maximum atomic E-state index is 10.7. The minimum Gasteiger partial charge on any atom is -0.441 e. The molecule has 2 rings (SSSR count). The summed E-state index contributed by atoms with van der Waals surface area (Å²) in [5.41, 5.74) is 0.604. The number of amides is 1. The number of aromatic nitrogens is 1. The van der Waals surface area contributed by atoms with Gasteiger partial charge in [-0.05, 0) is 18.2 Å². The predicted molar refractivity (Wildman–Crippen MR) is 51.5 cm³/mol. The van der Waals surface area contributed by atoms with Crippen LogP contribution in [0, 0.1) is 0 Å². The minimum absolute atomic E-state index is 0.0709. The summed E-state index contributed by atoms with van der Waals surface area (Å²) in [7, 11) is 0. The average Bonchev–Trinajstić information content (AvgIpc) is 2.57. The van der Waals surface area contributed by atoms with E-state index >= 15 is 0 Å². The lowest BCUT2D eigenvalue weighted by Gasteiger charge is -1.95. The molecule has 0 saturated heterocycles. The molecule has 2 aromatic heterocycles. The molecule has 0 unspecified atom stereocenters. The highest BCUT2D eigenvalue weighted by Crippen LogP contribution is 2.15. The highest BCUT2D eigenvalue weighted by molar-refractivity contribution is 5.75. The second kappa shape index (κ2) is 3.49. The molecule has 0 saturated carbocycles. The monoisotopic (exact) mass is 190 g/mol. The number of hydrogen-bond donors (Lipinski definition) is 1. The van der Waals surface area contributed by atoms with E-state index in [1.807, 2.05) is 18.2 Å². The quantitative estimate of drug-likeness (QED) is 0.780. The third kappa shape index (κ3) is 1.74. The minimum atomic E-state index is -0.0709. The fourth-order valence-corrected chi connectivity index (χ4v) is 1.22. The predicted octanol–water partition coefficient (Wildman–Crippen LogP) is 1.46. The van der Waals surface area contributed by atoms with Gasteiger partial charge in [0.2, 0.25) is 11.6 Å². The number of rotatable bonds is 2. The van der Waals surface area contributed by atoms with Crippen LogP contribution in [0.2, 0.25) is 0 Å². The lowest BCUT2D eigenvalue weighted by molar-refractivity contribution is -0.119. The van der Waals surface area contributed by atoms with Crippen molar-refractivity contribution in [1.29, 1.82) is 0 Å². The fourth-order valence-electron chi connectivity index (χ4n) is 1.22. The van der Waals surface area contributed by atoms with Crippen molar-refractivity contribution in [2.45, 2.75) is 13.5 Å². The zero-order valence-corrected chi connectivity index (χ0v) is 7.78. The Hall–Kier alpha value is -1.84. The first-order valence-corrected chi connectivity index (χ1v) is 4.33. The molecule has 1 amide bonds. The van der Waals surface area contributed by atoms with Gasteiger partial charge in [0.05, 0.1) is 6.54 Å². The largest absolute Gasteiger partial charge is 0.441 e. The van der Waals surface area contributed by atoms with E-state index in [9.17, 15) is 4.79 Å². The first kappa shape index (κ1) is 8.74. The topological polar surface area (TPSA) is 55.1 Å². The third-order valence-corrected chi connectivity index (χ3v) is 1.86. The van der Waals surface area contributed by atoms with Crippen LogP contribution in [0.5, 0.6) is 0 Å². The Labute approximate surface area is 80.9 Å². The van der Waals surface area contributed by atoms with Crippen LogP contribution in [0.4, 0.5) is 0 Å². The van der Waals surface area contributed by atoms with E-state index in [1.54, 1.807) is 6.20 Å². The molecule has 0 aliphatic rings. The highest BCUT2D eigenvalue weighted by Gasteiger charge is 2.03. The van der Waals surface area contributed by atoms with Gasteiger partial charge < -0.3 is 9.73 Å². The Morgan fingerprint density at radius 3 is 3.21 bits per heavy atom. The zero-order valence-electron chi connectivity index (χ0n) is 7.78. The van der Waals surface area contributed by atoms with Crippen LogP contribution in [0.25, 0.3) is 11.1 Å². The summed E-state index contributed by atoms with van der Waals surface area (Å²) in [5.74, 6) is 0.646. The van der Waals surface area contributed by atoms with E-state index in [-0.39, 0.29) is 5.91 Å². The van der Waals surface area contributed by atoms with Crippen LogP contribution in [-0.4, -0.2) is 10.9 Å². The molecule has 0 atom stereocenters. The molecule has 0 bridgehead atoms. The van der Waals surface area contributed by atoms with E-state index in [2.05, 4.69) is 10.3 Å². The van der Waals surface area contributed by atoms with Gasteiger partial charge in [0.1, 0.15) is 5.76 Å². The molecule has 2 aromatic rings. The summed E-state index contributed by atoms with van der Waals surface area (Å²) in [6.07, 6.45) is 1.67. The Morgan fingerprint density at radius 2 is 2.50 bits per heavy atom. The van der Waals surface area contributed by atoms with E-state index in [0.717, 1.165) is 5.39 Å². The van der Waals surface area contributed by atoms with Crippen LogP contribution in [0.1, 0.15) is 12.7 Å². The normalized spacial score (nSPS) is 10.4. The van der Waals surface area contributed by atoms with E-state index in [0.29, 0.717) is 18.0 Å². The SMILES string of the molecule is CC(=O)NCc1cc2cccnc2o1. The van der Waals surface area contributed by atoms with Crippen LogP contribution < -0.4 is 5.32 Å². The molecular weight excluding hydrogens is 180 g/mol. The number of carbonyl (C=O) groups excluding carboxylic acids is 1. The molecule has 72 valence electrons. The number of nitrogens with zero attached hydrogens (tertiary/aromatic N) is 1. The smallest absolute Gasteiger partial charge is 0.226 e. The highest BCUT2D eigenvalue weighted by atomic mass is 16.3. The molecule has 2 heterocycles. The number of hydrogen-bond acceptors (Lipinski definition) is 3. The first-order chi connectivity index (χ1) is 6.75. The van der Waals surface area contributed by atoms with Gasteiger partial charge in [-0.25, -0.2) is 4.98 Å². The van der Waals surface area contributed by atoms with Gasteiger partial charge in [0, 0.05) is 18.5 Å². The van der Waals surface area contributed by atoms with Gasteiger partial charge in [0.15, 0.2) is 0 Å². The number of nitrogens with one attached hydrogen (secondary N) is 1. The summed E-state index contributed by atoms with van der Waals surface area (Å²) in [4.78, 5) is 14.7. The van der Waals surface area contributed by atoms with Crippen molar-refractivity contribution in [1.82, 2.24) is 10.3 Å². The molecule has 14 heavy (non-hydrogen) atoms. The molecular formula is C10H10N2O2. The van der Waals surface area contributed by atoms with Gasteiger partial charge in [-0.3, -0.25) is 4.79 Å². The van der Waals surface area contributed by atoms with Gasteiger partial charge in [0.25, 0.3) is 0 Å². The van der Waals surface area contributed by atoms with Crippen molar-refractivity contribution in [3.63, 3.8) is 0 Å². The Kier molecular flexibility index (Phi) is 2.18. The molecule has 4 nitrogen and oxygen atoms in total. The molecule has 0 spiro atoms. The van der Waals surface area contributed by atoms with Crippen molar-refractivity contribution >= 4 is 17.0 Å². The summed E-state index contributed by atoms with van der Waals surface area (Å²) in [6, 6.07) is 5.64. The number of furan rings is 1. The third-order valence-electron chi connectivity index (χ3n) is 1.86. The van der Waals surface area contributed by atoms with Crippen molar-refractivity contribution in [3.8, 4) is 0 Å². The standard InChI is InChI=1S/C10H10N2O2/c1-7(13)12-6-9-5-8-3-2-4-11-10(8)14-9/h2-5H,6H2,1H3,(H,12,13). The fraction of sp³-hybridized carbons (Fsp3) is 0.200. The van der Waals surface area contributed by atoms with E-state index in [1.165, 1.54) is 6.92 Å². The lowest BCUT2D eigenvalue weighted by atomic mass is 10.3. The van der Waals surface area contributed by atoms with Gasteiger partial charge in [-0.15, -0.1) is 0 Å². The Balaban J connectivity index is 2.22. The molecule has 0 radical (unpaired) electrons. The molecule has 1 N–H and O–H groups in total. The second-order valence-corrected chi connectivity index (χ2v) is 3.02. The number of carbonyl (C=O) groups is 1. The van der Waals surface area contributed by atoms with Crippen molar-refractivity contribution in [3.05, 3.63) is 30.2 Å². The van der Waals surface area contributed by atoms with Crippen molar-refractivity contribution < 1.29 is 9.21 Å². The lowest BCUT2D eigenvalue weighted by Crippen LogP contribution is -2.18. The summed E-state index contributed by atoms with van der Waals surface area (Å²) in [6.45, 7) is 1.88. The number of pyridine rings is 1. The summed E-state index contributed by atoms with van der Waals surface area (Å²) in [5, 5.41) is 3.61. The summed E-state index contributed by atoms with van der Waals surface area (Å²) < 4.78 is 5.39. The molecule has 0 fully saturated rings. The zero-order chi connectivity index (χ0) is 9.97.